The van der Waals surface area contributed by atoms with Crippen molar-refractivity contribution >= 4 is 23.7 Å². The zero-order chi connectivity index (χ0) is 14.1. The van der Waals surface area contributed by atoms with Gasteiger partial charge in [-0.2, -0.15) is 10.4 Å². The fourth-order valence-electron chi connectivity index (χ4n) is 2.67. The van der Waals surface area contributed by atoms with Gasteiger partial charge in [0, 0.05) is 16.5 Å². The van der Waals surface area contributed by atoms with Crippen molar-refractivity contribution in [1.82, 2.24) is 10.2 Å². The Kier molecular flexibility index (Phi) is 3.17. The maximum atomic E-state index is 11.2. The van der Waals surface area contributed by atoms with Crippen molar-refractivity contribution in [2.75, 3.05) is 5.32 Å². The molecule has 3 atom stereocenters. The van der Waals surface area contributed by atoms with Crippen LogP contribution in [0.4, 0.5) is 5.82 Å². The van der Waals surface area contributed by atoms with Crippen LogP contribution in [0.1, 0.15) is 17.0 Å². The maximum absolute atomic E-state index is 11.2. The maximum Gasteiger partial charge on any atom is 0.143 e. The third-order valence-electron chi connectivity index (χ3n) is 3.60. The summed E-state index contributed by atoms with van der Waals surface area (Å²) in [5, 5.41) is 19.8. The van der Waals surface area contributed by atoms with E-state index in [4.69, 9.17) is 11.6 Å². The molecule has 0 spiro atoms. The van der Waals surface area contributed by atoms with Crippen LogP contribution in [0, 0.1) is 17.2 Å². The number of fused-ring (bicyclic) bond motifs is 1. The first-order valence-corrected chi connectivity index (χ1v) is 6.53. The van der Waals surface area contributed by atoms with Gasteiger partial charge in [0.05, 0.1) is 24.2 Å². The largest absolute Gasteiger partial charge is 0.359 e. The summed E-state index contributed by atoms with van der Waals surface area (Å²) in [5.74, 6) is -0.144. The van der Waals surface area contributed by atoms with Crippen molar-refractivity contribution in [2.45, 2.75) is 12.0 Å². The van der Waals surface area contributed by atoms with E-state index in [-0.39, 0.29) is 5.92 Å². The van der Waals surface area contributed by atoms with Crippen LogP contribution in [0.15, 0.2) is 30.5 Å². The fourth-order valence-corrected chi connectivity index (χ4v) is 2.92. The zero-order valence-electron chi connectivity index (χ0n) is 10.4. The Balaban J connectivity index is 2.18. The molecule has 100 valence electrons. The average molecular weight is 287 g/mol. The highest BCUT2D eigenvalue weighted by atomic mass is 35.5. The number of H-pyrrole nitrogens is 1. The number of benzene rings is 1. The number of nitriles is 1. The third kappa shape index (κ3) is 1.86. The van der Waals surface area contributed by atoms with Crippen molar-refractivity contribution in [1.29, 1.82) is 5.26 Å². The van der Waals surface area contributed by atoms with E-state index >= 15 is 0 Å². The molecule has 3 rings (SSSR count). The van der Waals surface area contributed by atoms with Crippen LogP contribution >= 0.6 is 11.6 Å². The Morgan fingerprint density at radius 3 is 2.85 bits per heavy atom. The summed E-state index contributed by atoms with van der Waals surface area (Å²) in [5.41, 5.74) is 1.68. The van der Waals surface area contributed by atoms with Crippen LogP contribution in [0.25, 0.3) is 0 Å². The summed E-state index contributed by atoms with van der Waals surface area (Å²) in [7, 11) is 0. The van der Waals surface area contributed by atoms with Gasteiger partial charge in [-0.25, -0.2) is 0 Å². The third-order valence-corrected chi connectivity index (χ3v) is 3.94. The quantitative estimate of drug-likeness (QED) is 0.830. The van der Waals surface area contributed by atoms with Crippen molar-refractivity contribution in [3.63, 3.8) is 0 Å². The molecule has 1 aliphatic rings. The molecule has 20 heavy (non-hydrogen) atoms. The van der Waals surface area contributed by atoms with Gasteiger partial charge in [-0.15, -0.1) is 0 Å². The molecule has 1 aliphatic heterocycles. The molecule has 6 heteroatoms. The molecular weight excluding hydrogens is 276 g/mol. The van der Waals surface area contributed by atoms with E-state index < -0.39 is 12.0 Å². The minimum Gasteiger partial charge on any atom is -0.359 e. The summed E-state index contributed by atoms with van der Waals surface area (Å²) >= 11 is 6.26. The SMILES string of the molecule is N#CC1C(C=O)Nc2[nH]ncc2C1c1ccccc1Cl. The van der Waals surface area contributed by atoms with Gasteiger partial charge < -0.3 is 10.1 Å². The van der Waals surface area contributed by atoms with Gasteiger partial charge in [-0.05, 0) is 11.6 Å². The summed E-state index contributed by atoms with van der Waals surface area (Å²) in [6.07, 6.45) is 2.42. The molecule has 1 aromatic heterocycles. The predicted molar refractivity (Wildman–Crippen MR) is 74.5 cm³/mol. The summed E-state index contributed by atoms with van der Waals surface area (Å²) in [6.45, 7) is 0. The molecule has 2 aromatic rings. The fraction of sp³-hybridized carbons (Fsp3) is 0.214. The molecule has 0 radical (unpaired) electrons. The second kappa shape index (κ2) is 4.99. The number of carbonyl (C=O) groups excluding carboxylic acids is 1. The van der Waals surface area contributed by atoms with E-state index in [1.807, 2.05) is 18.2 Å². The highest BCUT2D eigenvalue weighted by molar-refractivity contribution is 6.31. The van der Waals surface area contributed by atoms with Crippen LogP contribution in [0.3, 0.4) is 0 Å². The van der Waals surface area contributed by atoms with E-state index in [0.717, 1.165) is 17.4 Å². The predicted octanol–water partition coefficient (Wildman–Crippen LogP) is 2.33. The summed E-state index contributed by atoms with van der Waals surface area (Å²) in [4.78, 5) is 11.2. The number of nitrogens with one attached hydrogen (secondary N) is 2. The molecule has 0 saturated heterocycles. The number of hydrogen-bond acceptors (Lipinski definition) is 4. The Morgan fingerprint density at radius 1 is 1.35 bits per heavy atom. The average Bonchev–Trinajstić information content (AvgIpc) is 2.94. The lowest BCUT2D eigenvalue weighted by Gasteiger charge is -2.32. The number of aldehydes is 1. The monoisotopic (exact) mass is 286 g/mol. The Hall–Kier alpha value is -2.32. The van der Waals surface area contributed by atoms with Gasteiger partial charge in [0.2, 0.25) is 0 Å². The van der Waals surface area contributed by atoms with Crippen molar-refractivity contribution < 1.29 is 4.79 Å². The standard InChI is InChI=1S/C14H11ClN4O/c15-11-4-2-1-3-8(11)13-9(5-16)12(7-20)18-14-10(13)6-17-19-14/h1-4,6-7,9,12-13H,(H2,17,18,19). The van der Waals surface area contributed by atoms with Gasteiger partial charge in [0.25, 0.3) is 0 Å². The van der Waals surface area contributed by atoms with Gasteiger partial charge in [-0.3, -0.25) is 5.10 Å². The number of rotatable bonds is 2. The molecular formula is C14H11ClN4O. The van der Waals surface area contributed by atoms with Crippen LogP contribution in [0.2, 0.25) is 5.02 Å². The molecule has 0 fully saturated rings. The van der Waals surface area contributed by atoms with E-state index in [9.17, 15) is 10.1 Å². The van der Waals surface area contributed by atoms with Crippen LogP contribution < -0.4 is 5.32 Å². The number of halogens is 1. The Bertz CT molecular complexity index is 690. The Morgan fingerprint density at radius 2 is 2.15 bits per heavy atom. The Labute approximate surface area is 120 Å². The number of nitrogens with zero attached hydrogens (tertiary/aromatic N) is 2. The lowest BCUT2D eigenvalue weighted by atomic mass is 9.76. The minimum absolute atomic E-state index is 0.279. The van der Waals surface area contributed by atoms with Gasteiger partial charge in [0.15, 0.2) is 0 Å². The highest BCUT2D eigenvalue weighted by Crippen LogP contribution is 2.43. The molecule has 3 unspecified atom stereocenters. The van der Waals surface area contributed by atoms with E-state index in [2.05, 4.69) is 21.6 Å². The molecule has 0 bridgehead atoms. The van der Waals surface area contributed by atoms with E-state index in [0.29, 0.717) is 10.8 Å². The van der Waals surface area contributed by atoms with Crippen LogP contribution in [-0.4, -0.2) is 22.5 Å². The van der Waals surface area contributed by atoms with Gasteiger partial charge in [0.1, 0.15) is 12.1 Å². The molecule has 5 nitrogen and oxygen atoms in total. The van der Waals surface area contributed by atoms with E-state index in [1.54, 1.807) is 12.3 Å². The lowest BCUT2D eigenvalue weighted by Crippen LogP contribution is -2.38. The van der Waals surface area contributed by atoms with Gasteiger partial charge >= 0.3 is 0 Å². The summed E-state index contributed by atoms with van der Waals surface area (Å²) in [6, 6.07) is 8.99. The first kappa shape index (κ1) is 12.7. The summed E-state index contributed by atoms with van der Waals surface area (Å²) < 4.78 is 0. The molecule has 0 aliphatic carbocycles. The topological polar surface area (TPSA) is 81.6 Å². The zero-order valence-corrected chi connectivity index (χ0v) is 11.1. The number of aromatic nitrogens is 2. The normalized spacial score (nSPS) is 24.3. The molecule has 0 saturated carbocycles. The second-order valence-electron chi connectivity index (χ2n) is 4.66. The number of aromatic amines is 1. The second-order valence-corrected chi connectivity index (χ2v) is 5.07. The first-order valence-electron chi connectivity index (χ1n) is 6.15. The molecule has 1 aromatic carbocycles. The smallest absolute Gasteiger partial charge is 0.143 e. The van der Waals surface area contributed by atoms with Crippen molar-refractivity contribution in [3.8, 4) is 6.07 Å². The molecule has 0 amide bonds. The van der Waals surface area contributed by atoms with Crippen LogP contribution in [0.5, 0.6) is 0 Å². The number of anilines is 1. The first-order chi connectivity index (χ1) is 9.76. The van der Waals surface area contributed by atoms with E-state index in [1.165, 1.54) is 0 Å². The number of hydrogen-bond donors (Lipinski definition) is 2. The van der Waals surface area contributed by atoms with Crippen molar-refractivity contribution in [2.24, 2.45) is 5.92 Å². The van der Waals surface area contributed by atoms with Crippen LogP contribution in [-0.2, 0) is 4.79 Å². The molecule has 2 heterocycles. The minimum atomic E-state index is -0.589. The highest BCUT2D eigenvalue weighted by Gasteiger charge is 2.39. The lowest BCUT2D eigenvalue weighted by molar-refractivity contribution is -0.109. The molecule has 2 N–H and O–H groups in total. The van der Waals surface area contributed by atoms with Crippen molar-refractivity contribution in [3.05, 3.63) is 46.6 Å². The van der Waals surface area contributed by atoms with Gasteiger partial charge in [-0.1, -0.05) is 29.8 Å². The number of carbonyl (C=O) groups is 1.